The molecule has 0 bridgehead atoms. The first kappa shape index (κ1) is 14.3. The predicted molar refractivity (Wildman–Crippen MR) is 79.4 cm³/mol. The second-order valence-electron chi connectivity index (χ2n) is 4.96. The summed E-state index contributed by atoms with van der Waals surface area (Å²) < 4.78 is 0.857. The first-order valence-corrected chi connectivity index (χ1v) is 7.26. The third kappa shape index (κ3) is 3.06. The van der Waals surface area contributed by atoms with Gasteiger partial charge >= 0.3 is 0 Å². The highest BCUT2D eigenvalue weighted by Gasteiger charge is 2.29. The maximum Gasteiger partial charge on any atom is 0.292 e. The first-order chi connectivity index (χ1) is 9.02. The molecule has 1 aliphatic rings. The molecule has 0 aliphatic carbocycles. The Balaban J connectivity index is 2.31. The quantitative estimate of drug-likeness (QED) is 0.684. The topological polar surface area (TPSA) is 72.4 Å². The highest BCUT2D eigenvalue weighted by atomic mass is 79.9. The summed E-state index contributed by atoms with van der Waals surface area (Å²) in [6.07, 6.45) is 1.88. The SMILES string of the molecule is CCC1CN(c2cc(Br)ccc2[N+](=O)[O-])CCC1N. The molecular weight excluding hydrogens is 310 g/mol. The van der Waals surface area contributed by atoms with Crippen molar-refractivity contribution in [2.45, 2.75) is 25.8 Å². The predicted octanol–water partition coefficient (Wildman–Crippen LogP) is 2.92. The Morgan fingerprint density at radius 1 is 1.58 bits per heavy atom. The number of nitro benzene ring substituents is 1. The third-order valence-electron chi connectivity index (χ3n) is 3.79. The summed E-state index contributed by atoms with van der Waals surface area (Å²) in [5.41, 5.74) is 6.93. The van der Waals surface area contributed by atoms with Crippen molar-refractivity contribution in [2.75, 3.05) is 18.0 Å². The minimum Gasteiger partial charge on any atom is -0.366 e. The number of halogens is 1. The molecule has 1 saturated heterocycles. The van der Waals surface area contributed by atoms with Gasteiger partial charge in [-0.2, -0.15) is 0 Å². The molecule has 5 nitrogen and oxygen atoms in total. The molecule has 0 amide bonds. The van der Waals surface area contributed by atoms with Crippen LogP contribution in [0.5, 0.6) is 0 Å². The number of hydrogen-bond donors (Lipinski definition) is 1. The van der Waals surface area contributed by atoms with E-state index in [0.29, 0.717) is 11.6 Å². The van der Waals surface area contributed by atoms with E-state index in [1.54, 1.807) is 12.1 Å². The standard InChI is InChI=1S/C13H18BrN3O2/c1-2-9-8-16(6-5-11(9)15)13-7-10(14)3-4-12(13)17(18)19/h3-4,7,9,11H,2,5-6,8,15H2,1H3. The van der Waals surface area contributed by atoms with Crippen LogP contribution in [0.2, 0.25) is 0 Å². The van der Waals surface area contributed by atoms with Gasteiger partial charge in [0.05, 0.1) is 4.92 Å². The molecule has 0 aromatic heterocycles. The molecule has 2 unspecified atom stereocenters. The molecule has 1 heterocycles. The van der Waals surface area contributed by atoms with Crippen LogP contribution in [-0.2, 0) is 0 Å². The van der Waals surface area contributed by atoms with Gasteiger partial charge in [-0.25, -0.2) is 0 Å². The van der Waals surface area contributed by atoms with E-state index in [4.69, 9.17) is 5.73 Å². The van der Waals surface area contributed by atoms with E-state index in [9.17, 15) is 10.1 Å². The van der Waals surface area contributed by atoms with Crippen LogP contribution in [0, 0.1) is 16.0 Å². The number of nitrogens with two attached hydrogens (primary N) is 1. The molecule has 2 rings (SSSR count). The van der Waals surface area contributed by atoms with E-state index in [1.807, 2.05) is 6.07 Å². The second kappa shape index (κ2) is 5.88. The van der Waals surface area contributed by atoms with Crippen molar-refractivity contribution in [3.8, 4) is 0 Å². The number of nitrogens with zero attached hydrogens (tertiary/aromatic N) is 2. The largest absolute Gasteiger partial charge is 0.366 e. The van der Waals surface area contributed by atoms with E-state index < -0.39 is 0 Å². The Morgan fingerprint density at radius 3 is 2.95 bits per heavy atom. The fourth-order valence-electron chi connectivity index (χ4n) is 2.61. The lowest BCUT2D eigenvalue weighted by Crippen LogP contribution is -2.47. The Morgan fingerprint density at radius 2 is 2.32 bits per heavy atom. The van der Waals surface area contributed by atoms with Gasteiger partial charge < -0.3 is 10.6 Å². The Labute approximate surface area is 121 Å². The van der Waals surface area contributed by atoms with Gasteiger partial charge in [0.1, 0.15) is 5.69 Å². The minimum atomic E-state index is -0.322. The molecule has 1 aliphatic heterocycles. The number of piperidine rings is 1. The number of nitro groups is 1. The lowest BCUT2D eigenvalue weighted by molar-refractivity contribution is -0.384. The minimum absolute atomic E-state index is 0.161. The van der Waals surface area contributed by atoms with Gasteiger partial charge in [-0.15, -0.1) is 0 Å². The van der Waals surface area contributed by atoms with Gasteiger partial charge in [-0.1, -0.05) is 29.3 Å². The maximum absolute atomic E-state index is 11.1. The lowest BCUT2D eigenvalue weighted by atomic mass is 9.90. The van der Waals surface area contributed by atoms with Crippen molar-refractivity contribution in [1.82, 2.24) is 0 Å². The van der Waals surface area contributed by atoms with Crippen LogP contribution in [0.3, 0.4) is 0 Å². The Hall–Kier alpha value is -1.14. The molecule has 1 aromatic rings. The molecule has 104 valence electrons. The summed E-state index contributed by atoms with van der Waals surface area (Å²) in [6, 6.07) is 5.28. The van der Waals surface area contributed by atoms with Crippen molar-refractivity contribution in [1.29, 1.82) is 0 Å². The van der Waals surface area contributed by atoms with Crippen LogP contribution in [-0.4, -0.2) is 24.1 Å². The summed E-state index contributed by atoms with van der Waals surface area (Å²) in [4.78, 5) is 12.9. The smallest absolute Gasteiger partial charge is 0.292 e. The number of hydrogen-bond acceptors (Lipinski definition) is 4. The van der Waals surface area contributed by atoms with Crippen LogP contribution in [0.4, 0.5) is 11.4 Å². The molecule has 19 heavy (non-hydrogen) atoms. The summed E-state index contributed by atoms with van der Waals surface area (Å²) in [7, 11) is 0. The van der Waals surface area contributed by atoms with Gasteiger partial charge in [-0.05, 0) is 24.5 Å². The van der Waals surface area contributed by atoms with Crippen molar-refractivity contribution < 1.29 is 4.92 Å². The van der Waals surface area contributed by atoms with Crippen LogP contribution in [0.15, 0.2) is 22.7 Å². The molecule has 1 aromatic carbocycles. The van der Waals surface area contributed by atoms with Crippen LogP contribution in [0.25, 0.3) is 0 Å². The van der Waals surface area contributed by atoms with Gasteiger partial charge in [0.2, 0.25) is 0 Å². The summed E-state index contributed by atoms with van der Waals surface area (Å²) in [6.45, 7) is 3.67. The van der Waals surface area contributed by atoms with Crippen molar-refractivity contribution in [2.24, 2.45) is 11.7 Å². The van der Waals surface area contributed by atoms with Crippen molar-refractivity contribution in [3.05, 3.63) is 32.8 Å². The zero-order chi connectivity index (χ0) is 14.0. The summed E-state index contributed by atoms with van der Waals surface area (Å²) >= 11 is 3.38. The van der Waals surface area contributed by atoms with E-state index >= 15 is 0 Å². The fraction of sp³-hybridized carbons (Fsp3) is 0.538. The van der Waals surface area contributed by atoms with Crippen LogP contribution >= 0.6 is 15.9 Å². The second-order valence-corrected chi connectivity index (χ2v) is 5.87. The molecule has 2 atom stereocenters. The Bertz CT molecular complexity index is 481. The highest BCUT2D eigenvalue weighted by Crippen LogP contribution is 2.34. The van der Waals surface area contributed by atoms with Crippen LogP contribution in [0.1, 0.15) is 19.8 Å². The highest BCUT2D eigenvalue weighted by molar-refractivity contribution is 9.10. The third-order valence-corrected chi connectivity index (χ3v) is 4.29. The zero-order valence-electron chi connectivity index (χ0n) is 10.9. The molecule has 1 fully saturated rings. The Kier molecular flexibility index (Phi) is 4.42. The molecule has 6 heteroatoms. The van der Waals surface area contributed by atoms with E-state index in [0.717, 1.165) is 30.4 Å². The van der Waals surface area contributed by atoms with E-state index in [-0.39, 0.29) is 16.7 Å². The van der Waals surface area contributed by atoms with Gasteiger partial charge in [0.15, 0.2) is 0 Å². The summed E-state index contributed by atoms with van der Waals surface area (Å²) in [5, 5.41) is 11.1. The molecule has 0 saturated carbocycles. The van der Waals surface area contributed by atoms with Gasteiger partial charge in [-0.3, -0.25) is 10.1 Å². The fourth-order valence-corrected chi connectivity index (χ4v) is 2.95. The molecule has 0 spiro atoms. The monoisotopic (exact) mass is 327 g/mol. The summed E-state index contributed by atoms with van der Waals surface area (Å²) in [5.74, 6) is 0.396. The zero-order valence-corrected chi connectivity index (χ0v) is 12.5. The van der Waals surface area contributed by atoms with Gasteiger partial charge in [0.25, 0.3) is 5.69 Å². The van der Waals surface area contributed by atoms with Crippen LogP contribution < -0.4 is 10.6 Å². The van der Waals surface area contributed by atoms with Crippen molar-refractivity contribution >= 4 is 27.3 Å². The maximum atomic E-state index is 11.1. The normalized spacial score (nSPS) is 23.4. The molecule has 2 N–H and O–H groups in total. The van der Waals surface area contributed by atoms with Gasteiger partial charge in [0, 0.05) is 29.7 Å². The number of anilines is 1. The average molecular weight is 328 g/mol. The van der Waals surface area contributed by atoms with E-state index in [2.05, 4.69) is 27.8 Å². The first-order valence-electron chi connectivity index (χ1n) is 6.47. The van der Waals surface area contributed by atoms with Crippen molar-refractivity contribution in [3.63, 3.8) is 0 Å². The number of rotatable bonds is 3. The van der Waals surface area contributed by atoms with E-state index in [1.165, 1.54) is 0 Å². The lowest BCUT2D eigenvalue weighted by Gasteiger charge is -2.37. The number of benzene rings is 1. The average Bonchev–Trinajstić information content (AvgIpc) is 2.38. The molecule has 0 radical (unpaired) electrons. The molecular formula is C13H18BrN3O2.